The molecule has 1 heterocycles. The zero-order valence-electron chi connectivity index (χ0n) is 19.2. The molecule has 0 bridgehead atoms. The topological polar surface area (TPSA) is 84.5 Å². The van der Waals surface area contributed by atoms with Crippen molar-refractivity contribution in [2.45, 2.75) is 43.3 Å². The number of unbranched alkanes of at least 4 members (excludes halogenated alkanes) is 1. The molecule has 1 atom stereocenters. The molecule has 1 aromatic heterocycles. The van der Waals surface area contributed by atoms with Gasteiger partial charge in [0.1, 0.15) is 0 Å². The normalized spacial score (nSPS) is 11.5. The van der Waals surface area contributed by atoms with Gasteiger partial charge in [-0.25, -0.2) is 4.79 Å². The van der Waals surface area contributed by atoms with Crippen LogP contribution in [0.15, 0.2) is 70.9 Å². The van der Waals surface area contributed by atoms with Gasteiger partial charge in [-0.1, -0.05) is 32.4 Å². The van der Waals surface area contributed by atoms with E-state index in [0.717, 1.165) is 17.7 Å². The number of esters is 1. The standard InChI is InChI=1S/C26H28N2O4S2/c1-3-5-15-32-26(31)18-11-13-19(14-12-18)27-24(29)22(4-2)34-21-9-6-8-20(17-21)28-25(30)23-10-7-16-33-23/h6-14,16-17,22H,3-5,15H2,1-2H3,(H,27,29)(H,28,30). The second kappa shape index (κ2) is 13.0. The molecule has 1 unspecified atom stereocenters. The van der Waals surface area contributed by atoms with Gasteiger partial charge < -0.3 is 15.4 Å². The van der Waals surface area contributed by atoms with Crippen LogP contribution in [-0.4, -0.2) is 29.6 Å². The Morgan fingerprint density at radius 3 is 2.44 bits per heavy atom. The van der Waals surface area contributed by atoms with E-state index < -0.39 is 0 Å². The lowest BCUT2D eigenvalue weighted by molar-refractivity contribution is -0.115. The fourth-order valence-corrected chi connectivity index (χ4v) is 4.67. The minimum atomic E-state index is -0.362. The molecule has 0 saturated heterocycles. The molecule has 3 rings (SSSR count). The fourth-order valence-electron chi connectivity index (χ4n) is 3.04. The summed E-state index contributed by atoms with van der Waals surface area (Å²) in [7, 11) is 0. The van der Waals surface area contributed by atoms with Crippen molar-refractivity contribution in [3.8, 4) is 0 Å². The number of hydrogen-bond donors (Lipinski definition) is 2. The van der Waals surface area contributed by atoms with Gasteiger partial charge in [0.25, 0.3) is 5.91 Å². The molecule has 2 N–H and O–H groups in total. The summed E-state index contributed by atoms with van der Waals surface area (Å²) in [6.07, 6.45) is 2.42. The molecule has 6 nitrogen and oxygen atoms in total. The molecule has 3 aromatic rings. The van der Waals surface area contributed by atoms with Crippen LogP contribution in [0.1, 0.15) is 53.1 Å². The first-order chi connectivity index (χ1) is 16.5. The number of thiophene rings is 1. The number of thioether (sulfide) groups is 1. The van der Waals surface area contributed by atoms with Crippen molar-refractivity contribution in [2.75, 3.05) is 17.2 Å². The molecule has 0 aliphatic carbocycles. The molecule has 2 aromatic carbocycles. The van der Waals surface area contributed by atoms with Crippen LogP contribution in [-0.2, 0) is 9.53 Å². The highest BCUT2D eigenvalue weighted by atomic mass is 32.2. The highest BCUT2D eigenvalue weighted by Gasteiger charge is 2.19. The van der Waals surface area contributed by atoms with Crippen molar-refractivity contribution in [1.29, 1.82) is 0 Å². The average Bonchev–Trinajstić information content (AvgIpc) is 3.38. The maximum atomic E-state index is 12.9. The van der Waals surface area contributed by atoms with Crippen LogP contribution >= 0.6 is 23.1 Å². The van der Waals surface area contributed by atoms with Gasteiger partial charge in [-0.15, -0.1) is 23.1 Å². The van der Waals surface area contributed by atoms with Crippen molar-refractivity contribution in [1.82, 2.24) is 0 Å². The first-order valence-electron chi connectivity index (χ1n) is 11.2. The third-order valence-electron chi connectivity index (χ3n) is 4.90. The molecular formula is C26H28N2O4S2. The number of ether oxygens (including phenoxy) is 1. The van der Waals surface area contributed by atoms with E-state index in [1.165, 1.54) is 23.1 Å². The summed E-state index contributed by atoms with van der Waals surface area (Å²) in [5, 5.41) is 7.35. The molecule has 34 heavy (non-hydrogen) atoms. The van der Waals surface area contributed by atoms with Crippen LogP contribution < -0.4 is 10.6 Å². The third kappa shape index (κ3) is 7.46. The van der Waals surface area contributed by atoms with Crippen LogP contribution in [0.5, 0.6) is 0 Å². The summed E-state index contributed by atoms with van der Waals surface area (Å²) in [5.41, 5.74) is 1.75. The van der Waals surface area contributed by atoms with Gasteiger partial charge in [-0.05, 0) is 66.8 Å². The monoisotopic (exact) mass is 496 g/mol. The van der Waals surface area contributed by atoms with Crippen LogP contribution in [0.4, 0.5) is 11.4 Å². The maximum absolute atomic E-state index is 12.9. The van der Waals surface area contributed by atoms with Gasteiger partial charge in [0.05, 0.1) is 22.3 Å². The summed E-state index contributed by atoms with van der Waals surface area (Å²) in [5.74, 6) is -0.641. The molecule has 2 amide bonds. The van der Waals surface area contributed by atoms with Gasteiger partial charge in [-0.2, -0.15) is 0 Å². The Labute approximate surface area is 208 Å². The Morgan fingerprint density at radius 1 is 0.971 bits per heavy atom. The van der Waals surface area contributed by atoms with Gasteiger partial charge in [-0.3, -0.25) is 9.59 Å². The zero-order chi connectivity index (χ0) is 24.3. The largest absolute Gasteiger partial charge is 0.462 e. The van der Waals surface area contributed by atoms with E-state index in [1.807, 2.05) is 49.6 Å². The number of carbonyl (C=O) groups excluding carboxylic acids is 3. The number of nitrogens with one attached hydrogen (secondary N) is 2. The Balaban J connectivity index is 1.57. The predicted octanol–water partition coefficient (Wildman–Crippen LogP) is 6.47. The van der Waals surface area contributed by atoms with Gasteiger partial charge in [0.2, 0.25) is 5.91 Å². The molecular weight excluding hydrogens is 468 g/mol. The maximum Gasteiger partial charge on any atom is 0.338 e. The van der Waals surface area contributed by atoms with E-state index in [9.17, 15) is 14.4 Å². The van der Waals surface area contributed by atoms with Crippen LogP contribution in [0.2, 0.25) is 0 Å². The Hall–Kier alpha value is -3.10. The molecule has 0 spiro atoms. The lowest BCUT2D eigenvalue weighted by atomic mass is 10.2. The summed E-state index contributed by atoms with van der Waals surface area (Å²) >= 11 is 2.82. The smallest absolute Gasteiger partial charge is 0.338 e. The van der Waals surface area contributed by atoms with E-state index in [1.54, 1.807) is 30.3 Å². The summed E-state index contributed by atoms with van der Waals surface area (Å²) in [6.45, 7) is 4.39. The number of amides is 2. The Bertz CT molecular complexity index is 1100. The van der Waals surface area contributed by atoms with E-state index in [2.05, 4.69) is 10.6 Å². The number of rotatable bonds is 11. The number of benzene rings is 2. The molecule has 0 saturated carbocycles. The summed E-state index contributed by atoms with van der Waals surface area (Å²) < 4.78 is 5.21. The minimum Gasteiger partial charge on any atom is -0.462 e. The van der Waals surface area contributed by atoms with Crippen molar-refractivity contribution in [3.05, 3.63) is 76.5 Å². The first kappa shape index (κ1) is 25.5. The SMILES string of the molecule is CCCCOC(=O)c1ccc(NC(=O)C(CC)Sc2cccc(NC(=O)c3cccs3)c2)cc1. The van der Waals surface area contributed by atoms with Crippen molar-refractivity contribution in [2.24, 2.45) is 0 Å². The number of carbonyl (C=O) groups is 3. The highest BCUT2D eigenvalue weighted by molar-refractivity contribution is 8.00. The fraction of sp³-hybridized carbons (Fsp3) is 0.269. The van der Waals surface area contributed by atoms with Gasteiger partial charge in [0, 0.05) is 16.3 Å². The lowest BCUT2D eigenvalue weighted by Crippen LogP contribution is -2.24. The molecule has 8 heteroatoms. The van der Waals surface area contributed by atoms with Crippen LogP contribution in [0, 0.1) is 0 Å². The van der Waals surface area contributed by atoms with Gasteiger partial charge in [0.15, 0.2) is 0 Å². The number of hydrogen-bond acceptors (Lipinski definition) is 6. The first-order valence-corrected chi connectivity index (χ1v) is 13.0. The predicted molar refractivity (Wildman–Crippen MR) is 139 cm³/mol. The second-order valence-electron chi connectivity index (χ2n) is 7.53. The highest BCUT2D eigenvalue weighted by Crippen LogP contribution is 2.29. The Morgan fingerprint density at radius 2 is 1.76 bits per heavy atom. The molecule has 0 fully saturated rings. The number of anilines is 2. The van der Waals surface area contributed by atoms with Crippen molar-refractivity contribution >= 4 is 52.3 Å². The molecule has 0 aliphatic heterocycles. The molecule has 178 valence electrons. The van der Waals surface area contributed by atoms with E-state index >= 15 is 0 Å². The average molecular weight is 497 g/mol. The third-order valence-corrected chi connectivity index (χ3v) is 7.12. The van der Waals surface area contributed by atoms with Gasteiger partial charge >= 0.3 is 5.97 Å². The zero-order valence-corrected chi connectivity index (χ0v) is 20.8. The van der Waals surface area contributed by atoms with Crippen LogP contribution in [0.3, 0.4) is 0 Å². The Kier molecular flexibility index (Phi) is 9.73. The van der Waals surface area contributed by atoms with E-state index in [4.69, 9.17) is 4.74 Å². The summed E-state index contributed by atoms with van der Waals surface area (Å²) in [6, 6.07) is 17.8. The molecule has 0 radical (unpaired) electrons. The van der Waals surface area contributed by atoms with E-state index in [-0.39, 0.29) is 23.0 Å². The molecule has 0 aliphatic rings. The van der Waals surface area contributed by atoms with E-state index in [0.29, 0.717) is 34.8 Å². The van der Waals surface area contributed by atoms with Crippen molar-refractivity contribution in [3.63, 3.8) is 0 Å². The van der Waals surface area contributed by atoms with Crippen molar-refractivity contribution < 1.29 is 19.1 Å². The quantitative estimate of drug-likeness (QED) is 0.181. The van der Waals surface area contributed by atoms with Crippen LogP contribution in [0.25, 0.3) is 0 Å². The lowest BCUT2D eigenvalue weighted by Gasteiger charge is -2.15. The summed E-state index contributed by atoms with van der Waals surface area (Å²) in [4.78, 5) is 38.7. The second-order valence-corrected chi connectivity index (χ2v) is 9.75. The minimum absolute atomic E-state index is 0.126.